The molecule has 0 saturated carbocycles. The maximum atomic E-state index is 12.3. The van der Waals surface area contributed by atoms with Crippen molar-refractivity contribution in [2.45, 2.75) is 11.8 Å². The van der Waals surface area contributed by atoms with Crippen molar-refractivity contribution >= 4 is 33.6 Å². The number of rotatable bonds is 6. The Labute approximate surface area is 176 Å². The van der Waals surface area contributed by atoms with Crippen LogP contribution in [0.25, 0.3) is 11.5 Å². The van der Waals surface area contributed by atoms with E-state index in [2.05, 4.69) is 15.5 Å². The standard InChI is InChI=1S/C20H16N4O6S/c1-2-31(28,29)13-9-7-12(8-10-13)17-22-23-20(30-17)21-16(25)11-24-18(26)14-5-3-4-6-15(14)19(24)27/h3-10H,2,11H2,1H3,(H,21,23,25). The molecule has 2 heterocycles. The molecule has 0 spiro atoms. The molecule has 2 aromatic carbocycles. The predicted molar refractivity (Wildman–Crippen MR) is 108 cm³/mol. The molecule has 3 aromatic rings. The number of anilines is 1. The van der Waals surface area contributed by atoms with E-state index >= 15 is 0 Å². The molecule has 10 nitrogen and oxygen atoms in total. The van der Waals surface area contributed by atoms with E-state index < -0.39 is 34.1 Å². The summed E-state index contributed by atoms with van der Waals surface area (Å²) in [7, 11) is -3.33. The van der Waals surface area contributed by atoms with Gasteiger partial charge >= 0.3 is 6.01 Å². The summed E-state index contributed by atoms with van der Waals surface area (Å²) in [5, 5.41) is 9.88. The lowest BCUT2D eigenvalue weighted by Crippen LogP contribution is -2.37. The topological polar surface area (TPSA) is 140 Å². The fourth-order valence-electron chi connectivity index (χ4n) is 3.05. The minimum atomic E-state index is -3.33. The lowest BCUT2D eigenvalue weighted by Gasteiger charge is -2.12. The molecule has 158 valence electrons. The van der Waals surface area contributed by atoms with Crippen LogP contribution in [0.1, 0.15) is 27.6 Å². The minimum Gasteiger partial charge on any atom is -0.403 e. The smallest absolute Gasteiger partial charge is 0.322 e. The van der Waals surface area contributed by atoms with Gasteiger partial charge in [0.1, 0.15) is 6.54 Å². The average molecular weight is 440 g/mol. The van der Waals surface area contributed by atoms with Crippen LogP contribution in [0.3, 0.4) is 0 Å². The highest BCUT2D eigenvalue weighted by atomic mass is 32.2. The number of benzene rings is 2. The van der Waals surface area contributed by atoms with Gasteiger partial charge in [-0.2, -0.15) is 0 Å². The Morgan fingerprint density at radius 2 is 1.61 bits per heavy atom. The van der Waals surface area contributed by atoms with E-state index in [0.29, 0.717) is 5.56 Å². The van der Waals surface area contributed by atoms with Crippen molar-refractivity contribution in [1.29, 1.82) is 0 Å². The first-order chi connectivity index (χ1) is 14.8. The zero-order valence-corrected chi connectivity index (χ0v) is 17.0. The van der Waals surface area contributed by atoms with E-state index in [9.17, 15) is 22.8 Å². The number of imide groups is 1. The molecule has 0 unspecified atom stereocenters. The maximum absolute atomic E-state index is 12.3. The van der Waals surface area contributed by atoms with Gasteiger partial charge in [0.2, 0.25) is 11.8 Å². The minimum absolute atomic E-state index is 0.0177. The molecular weight excluding hydrogens is 424 g/mol. The molecule has 0 bridgehead atoms. The molecule has 11 heteroatoms. The molecular formula is C20H16N4O6S. The Morgan fingerprint density at radius 1 is 1.00 bits per heavy atom. The first-order valence-corrected chi connectivity index (χ1v) is 10.9. The first-order valence-electron chi connectivity index (χ1n) is 9.22. The number of fused-ring (bicyclic) bond motifs is 1. The third-order valence-corrected chi connectivity index (χ3v) is 6.44. The van der Waals surface area contributed by atoms with Crippen molar-refractivity contribution < 1.29 is 27.2 Å². The highest BCUT2D eigenvalue weighted by Gasteiger charge is 2.36. The molecule has 0 radical (unpaired) electrons. The quantitative estimate of drug-likeness (QED) is 0.572. The second-order valence-electron chi connectivity index (χ2n) is 6.63. The number of hydrogen-bond donors (Lipinski definition) is 1. The van der Waals surface area contributed by atoms with Crippen molar-refractivity contribution in [3.8, 4) is 11.5 Å². The number of carbonyl (C=O) groups is 3. The van der Waals surface area contributed by atoms with Gasteiger partial charge in [0, 0.05) is 5.56 Å². The zero-order valence-electron chi connectivity index (χ0n) is 16.2. The lowest BCUT2D eigenvalue weighted by atomic mass is 10.1. The van der Waals surface area contributed by atoms with Gasteiger partial charge in [0.05, 0.1) is 21.8 Å². The first kappa shape index (κ1) is 20.4. The van der Waals surface area contributed by atoms with Crippen molar-refractivity contribution in [2.75, 3.05) is 17.6 Å². The third kappa shape index (κ3) is 3.82. The van der Waals surface area contributed by atoms with Gasteiger partial charge in [-0.25, -0.2) is 8.42 Å². The van der Waals surface area contributed by atoms with E-state index in [1.165, 1.54) is 36.4 Å². The lowest BCUT2D eigenvalue weighted by molar-refractivity contribution is -0.116. The molecule has 0 atom stereocenters. The Morgan fingerprint density at radius 3 is 2.19 bits per heavy atom. The van der Waals surface area contributed by atoms with E-state index in [0.717, 1.165) is 4.90 Å². The fraction of sp³-hybridized carbons (Fsp3) is 0.150. The molecule has 0 fully saturated rings. The number of amides is 3. The van der Waals surface area contributed by atoms with Crippen LogP contribution in [0.2, 0.25) is 0 Å². The third-order valence-electron chi connectivity index (χ3n) is 4.69. The number of hydrogen-bond acceptors (Lipinski definition) is 8. The maximum Gasteiger partial charge on any atom is 0.322 e. The fourth-order valence-corrected chi connectivity index (χ4v) is 3.93. The van der Waals surface area contributed by atoms with E-state index in [4.69, 9.17) is 4.42 Å². The van der Waals surface area contributed by atoms with Crippen LogP contribution in [0.4, 0.5) is 6.01 Å². The Bertz CT molecular complexity index is 1260. The monoisotopic (exact) mass is 440 g/mol. The van der Waals surface area contributed by atoms with Crippen LogP contribution < -0.4 is 5.32 Å². The molecule has 3 amide bonds. The molecule has 0 saturated heterocycles. The molecule has 1 aliphatic rings. The largest absolute Gasteiger partial charge is 0.403 e. The molecule has 1 N–H and O–H groups in total. The van der Waals surface area contributed by atoms with Crippen LogP contribution >= 0.6 is 0 Å². The highest BCUT2D eigenvalue weighted by Crippen LogP contribution is 2.24. The number of aromatic nitrogens is 2. The second-order valence-corrected chi connectivity index (χ2v) is 8.91. The summed E-state index contributed by atoms with van der Waals surface area (Å²) in [5.74, 6) is -1.74. The number of carbonyl (C=O) groups excluding carboxylic acids is 3. The van der Waals surface area contributed by atoms with Crippen LogP contribution in [0.15, 0.2) is 57.8 Å². The summed E-state index contributed by atoms with van der Waals surface area (Å²) in [6.07, 6.45) is 0. The average Bonchev–Trinajstić information content (AvgIpc) is 3.33. The van der Waals surface area contributed by atoms with Gasteiger partial charge in [-0.1, -0.05) is 24.2 Å². The summed E-state index contributed by atoms with van der Waals surface area (Å²) in [6, 6.07) is 12.0. The number of sulfone groups is 1. The van der Waals surface area contributed by atoms with Gasteiger partial charge in [-0.3, -0.25) is 24.6 Å². The Hall–Kier alpha value is -3.86. The molecule has 31 heavy (non-hydrogen) atoms. The number of nitrogens with one attached hydrogen (secondary N) is 1. The second kappa shape index (κ2) is 7.76. The molecule has 0 aliphatic carbocycles. The van der Waals surface area contributed by atoms with Gasteiger partial charge in [0.15, 0.2) is 9.84 Å². The molecule has 1 aliphatic heterocycles. The zero-order chi connectivity index (χ0) is 22.2. The van der Waals surface area contributed by atoms with Gasteiger partial charge in [0.25, 0.3) is 11.8 Å². The Balaban J connectivity index is 1.43. The molecule has 1 aromatic heterocycles. The summed E-state index contributed by atoms with van der Waals surface area (Å²) in [4.78, 5) is 38.0. The van der Waals surface area contributed by atoms with Crippen molar-refractivity contribution in [2.24, 2.45) is 0 Å². The van der Waals surface area contributed by atoms with Crippen molar-refractivity contribution in [3.63, 3.8) is 0 Å². The highest BCUT2D eigenvalue weighted by molar-refractivity contribution is 7.91. The van der Waals surface area contributed by atoms with E-state index in [1.54, 1.807) is 19.1 Å². The van der Waals surface area contributed by atoms with Crippen LogP contribution in [-0.4, -0.2) is 53.5 Å². The van der Waals surface area contributed by atoms with Crippen LogP contribution in [0, 0.1) is 0 Å². The van der Waals surface area contributed by atoms with Crippen molar-refractivity contribution in [3.05, 3.63) is 59.7 Å². The SMILES string of the molecule is CCS(=O)(=O)c1ccc(-c2nnc(NC(=O)CN3C(=O)c4ccccc4C3=O)o2)cc1. The molecule has 4 rings (SSSR count). The van der Waals surface area contributed by atoms with Crippen LogP contribution in [0.5, 0.6) is 0 Å². The van der Waals surface area contributed by atoms with Crippen LogP contribution in [-0.2, 0) is 14.6 Å². The predicted octanol–water partition coefficient (Wildman–Crippen LogP) is 1.76. The van der Waals surface area contributed by atoms with Gasteiger partial charge in [-0.05, 0) is 36.4 Å². The summed E-state index contributed by atoms with van der Waals surface area (Å²) < 4.78 is 29.1. The van der Waals surface area contributed by atoms with E-state index in [1.807, 2.05) is 0 Å². The summed E-state index contributed by atoms with van der Waals surface area (Å²) in [5.41, 5.74) is 0.950. The normalized spacial score (nSPS) is 13.4. The van der Waals surface area contributed by atoms with Crippen molar-refractivity contribution in [1.82, 2.24) is 15.1 Å². The van der Waals surface area contributed by atoms with E-state index in [-0.39, 0.29) is 33.7 Å². The summed E-state index contributed by atoms with van der Waals surface area (Å²) >= 11 is 0. The summed E-state index contributed by atoms with van der Waals surface area (Å²) in [6.45, 7) is 1.05. The van der Waals surface area contributed by atoms with Gasteiger partial charge in [-0.15, -0.1) is 5.10 Å². The Kier molecular flexibility index (Phi) is 5.11. The van der Waals surface area contributed by atoms with Gasteiger partial charge < -0.3 is 4.42 Å². The number of nitrogens with zero attached hydrogens (tertiary/aromatic N) is 3.